The third-order valence-corrected chi connectivity index (χ3v) is 3.37. The van der Waals surface area contributed by atoms with Gasteiger partial charge in [-0.3, -0.25) is 9.36 Å². The maximum atomic E-state index is 12.4. The summed E-state index contributed by atoms with van der Waals surface area (Å²) in [6, 6.07) is 4.03. The van der Waals surface area contributed by atoms with E-state index in [1.54, 1.807) is 10.8 Å². The molecule has 2 heterocycles. The minimum atomic E-state index is 0.0688. The average Bonchev–Trinajstić information content (AvgIpc) is 3.10. The highest BCUT2D eigenvalue weighted by molar-refractivity contribution is 5.87. The number of fused-ring (bicyclic) bond motifs is 4. The summed E-state index contributed by atoms with van der Waals surface area (Å²) in [7, 11) is 0. The van der Waals surface area contributed by atoms with Gasteiger partial charge in [0, 0.05) is 12.6 Å². The number of allylic oxidation sites excluding steroid dienone is 3. The van der Waals surface area contributed by atoms with E-state index in [0.29, 0.717) is 6.42 Å². The van der Waals surface area contributed by atoms with Gasteiger partial charge in [0.15, 0.2) is 0 Å². The Balaban J connectivity index is 2.18. The third kappa shape index (κ3) is 1.16. The molecular weight excluding hydrogens is 212 g/mol. The van der Waals surface area contributed by atoms with Crippen molar-refractivity contribution in [1.29, 1.82) is 0 Å². The van der Waals surface area contributed by atoms with Gasteiger partial charge in [0.2, 0.25) is 0 Å². The molecule has 1 aliphatic heterocycles. The van der Waals surface area contributed by atoms with Crippen LogP contribution in [-0.4, -0.2) is 9.55 Å². The van der Waals surface area contributed by atoms with Gasteiger partial charge in [-0.15, -0.1) is 0 Å². The molecule has 0 saturated carbocycles. The van der Waals surface area contributed by atoms with Crippen LogP contribution in [-0.2, 0) is 12.8 Å². The maximum Gasteiger partial charge on any atom is 0.265 e. The van der Waals surface area contributed by atoms with Crippen molar-refractivity contribution in [1.82, 2.24) is 9.55 Å². The van der Waals surface area contributed by atoms with Crippen LogP contribution in [0.3, 0.4) is 0 Å². The number of hydrogen-bond donors (Lipinski definition) is 0. The zero-order valence-electron chi connectivity index (χ0n) is 9.18. The maximum absolute atomic E-state index is 12.4. The van der Waals surface area contributed by atoms with Gasteiger partial charge in [-0.25, -0.2) is 4.98 Å². The van der Waals surface area contributed by atoms with E-state index in [2.05, 4.69) is 11.1 Å². The van der Waals surface area contributed by atoms with Crippen LogP contribution in [0.15, 0.2) is 35.2 Å². The van der Waals surface area contributed by atoms with E-state index >= 15 is 0 Å². The summed E-state index contributed by atoms with van der Waals surface area (Å²) in [5, 5.41) is 0.804. The summed E-state index contributed by atoms with van der Waals surface area (Å²) < 4.78 is 1.67. The smallest absolute Gasteiger partial charge is 0.265 e. The Bertz CT molecular complexity index is 766. The summed E-state index contributed by atoms with van der Waals surface area (Å²) in [6.07, 6.45) is 9.30. The van der Waals surface area contributed by atoms with E-state index in [1.165, 1.54) is 11.1 Å². The molecule has 2 aliphatic rings. The first kappa shape index (κ1) is 8.93. The molecule has 0 spiro atoms. The van der Waals surface area contributed by atoms with Crippen LogP contribution in [0.2, 0.25) is 0 Å². The van der Waals surface area contributed by atoms with E-state index in [1.807, 2.05) is 24.3 Å². The Labute approximate surface area is 97.7 Å². The summed E-state index contributed by atoms with van der Waals surface area (Å²) in [4.78, 5) is 17.0. The van der Waals surface area contributed by atoms with Crippen molar-refractivity contribution in [3.63, 3.8) is 0 Å². The molecule has 2 aromatic rings. The van der Waals surface area contributed by atoms with Crippen molar-refractivity contribution in [3.8, 4) is 0 Å². The van der Waals surface area contributed by atoms with Crippen molar-refractivity contribution >= 4 is 17.1 Å². The summed E-state index contributed by atoms with van der Waals surface area (Å²) in [5.74, 6) is 0.813. The lowest BCUT2D eigenvalue weighted by Crippen LogP contribution is -2.21. The van der Waals surface area contributed by atoms with Crippen molar-refractivity contribution in [2.75, 3.05) is 0 Å². The summed E-state index contributed by atoms with van der Waals surface area (Å²) >= 11 is 0. The Morgan fingerprint density at radius 2 is 2.18 bits per heavy atom. The first-order valence-electron chi connectivity index (χ1n) is 5.74. The fourth-order valence-electron chi connectivity index (χ4n) is 2.42. The van der Waals surface area contributed by atoms with Gasteiger partial charge in [0.1, 0.15) is 5.82 Å². The van der Waals surface area contributed by atoms with Crippen molar-refractivity contribution < 1.29 is 0 Å². The largest absolute Gasteiger partial charge is 0.271 e. The predicted molar refractivity (Wildman–Crippen MR) is 67.0 cm³/mol. The molecule has 0 amide bonds. The fraction of sp³-hybridized carbons (Fsp3) is 0.143. The van der Waals surface area contributed by atoms with Crippen molar-refractivity contribution in [2.45, 2.75) is 12.8 Å². The normalized spacial score (nSPS) is 15.5. The average molecular weight is 222 g/mol. The van der Waals surface area contributed by atoms with Gasteiger partial charge in [0.05, 0.1) is 10.9 Å². The van der Waals surface area contributed by atoms with Crippen molar-refractivity contribution in [3.05, 3.63) is 57.7 Å². The lowest BCUT2D eigenvalue weighted by Gasteiger charge is -2.06. The van der Waals surface area contributed by atoms with Gasteiger partial charge in [-0.2, -0.15) is 0 Å². The molecule has 17 heavy (non-hydrogen) atoms. The highest BCUT2D eigenvalue weighted by atomic mass is 16.1. The van der Waals surface area contributed by atoms with E-state index in [4.69, 9.17) is 0 Å². The Kier molecular flexibility index (Phi) is 1.55. The molecule has 3 nitrogen and oxygen atoms in total. The van der Waals surface area contributed by atoms with Gasteiger partial charge in [-0.05, 0) is 29.7 Å². The van der Waals surface area contributed by atoms with Gasteiger partial charge in [-0.1, -0.05) is 18.2 Å². The van der Waals surface area contributed by atoms with E-state index in [9.17, 15) is 4.79 Å². The van der Waals surface area contributed by atoms with Crippen LogP contribution in [0.25, 0.3) is 17.1 Å². The number of nitrogens with zero attached hydrogens (tertiary/aromatic N) is 2. The van der Waals surface area contributed by atoms with Gasteiger partial charge >= 0.3 is 0 Å². The van der Waals surface area contributed by atoms with Crippen LogP contribution in [0.1, 0.15) is 17.0 Å². The van der Waals surface area contributed by atoms with Crippen LogP contribution < -0.4 is 5.56 Å². The van der Waals surface area contributed by atoms with Gasteiger partial charge in [0.25, 0.3) is 5.56 Å². The second kappa shape index (κ2) is 2.94. The molecule has 0 fully saturated rings. The molecule has 0 radical (unpaired) electrons. The van der Waals surface area contributed by atoms with E-state index < -0.39 is 0 Å². The first-order valence-corrected chi connectivity index (χ1v) is 5.74. The number of rotatable bonds is 0. The number of hydrogen-bond acceptors (Lipinski definition) is 2. The predicted octanol–water partition coefficient (Wildman–Crippen LogP) is 1.88. The molecule has 0 N–H and O–H groups in total. The Morgan fingerprint density at radius 1 is 1.24 bits per heavy atom. The molecular formula is C14H10N2O. The first-order chi connectivity index (χ1) is 8.34. The van der Waals surface area contributed by atoms with Crippen LogP contribution in [0.4, 0.5) is 0 Å². The molecule has 0 saturated heterocycles. The molecule has 4 rings (SSSR count). The van der Waals surface area contributed by atoms with Crippen LogP contribution >= 0.6 is 0 Å². The lowest BCUT2D eigenvalue weighted by atomic mass is 10.2. The molecule has 0 atom stereocenters. The second-order valence-electron chi connectivity index (χ2n) is 4.45. The minimum Gasteiger partial charge on any atom is -0.271 e. The van der Waals surface area contributed by atoms with E-state index in [-0.39, 0.29) is 5.56 Å². The monoisotopic (exact) mass is 222 g/mol. The molecule has 1 aromatic carbocycles. The van der Waals surface area contributed by atoms with E-state index in [0.717, 1.165) is 23.1 Å². The minimum absolute atomic E-state index is 0.0688. The summed E-state index contributed by atoms with van der Waals surface area (Å²) in [5.41, 5.74) is 3.37. The van der Waals surface area contributed by atoms with Crippen molar-refractivity contribution in [2.24, 2.45) is 0 Å². The molecule has 1 aliphatic carbocycles. The quantitative estimate of drug-likeness (QED) is 0.582. The lowest BCUT2D eigenvalue weighted by molar-refractivity contribution is 0.904. The fourth-order valence-corrected chi connectivity index (χ4v) is 2.42. The van der Waals surface area contributed by atoms with Crippen LogP contribution in [0, 0.1) is 0 Å². The number of benzene rings is 1. The molecule has 0 bridgehead atoms. The Morgan fingerprint density at radius 3 is 3.12 bits per heavy atom. The van der Waals surface area contributed by atoms with Crippen LogP contribution in [0.5, 0.6) is 0 Å². The SMILES string of the molecule is O=c1c2c3c(ccc2nc2n1C=CC=CC2)C3. The van der Waals surface area contributed by atoms with Gasteiger partial charge < -0.3 is 0 Å². The second-order valence-corrected chi connectivity index (χ2v) is 4.45. The highest BCUT2D eigenvalue weighted by Gasteiger charge is 2.23. The summed E-state index contributed by atoms with van der Waals surface area (Å²) in [6.45, 7) is 0. The zero-order valence-corrected chi connectivity index (χ0v) is 9.18. The Hall–Kier alpha value is -2.16. The zero-order chi connectivity index (χ0) is 11.4. The number of aromatic nitrogens is 2. The highest BCUT2D eigenvalue weighted by Crippen LogP contribution is 2.32. The molecule has 82 valence electrons. The standard InChI is InChI=1S/C14H10N2O/c17-14-13-10-8-9(10)5-6-11(13)15-12-4-2-1-3-7-16(12)14/h1-3,5-7H,4,8H2. The third-order valence-electron chi connectivity index (χ3n) is 3.37. The molecule has 3 heteroatoms. The molecule has 0 unspecified atom stereocenters. The topological polar surface area (TPSA) is 34.9 Å². The molecule has 1 aromatic heterocycles.